The fourth-order valence-corrected chi connectivity index (χ4v) is 2.63. The van der Waals surface area contributed by atoms with E-state index in [-0.39, 0.29) is 6.54 Å². The molecule has 2 atom stereocenters. The molecule has 0 saturated heterocycles. The van der Waals surface area contributed by atoms with Crippen molar-refractivity contribution in [1.29, 1.82) is 0 Å². The van der Waals surface area contributed by atoms with Crippen LogP contribution in [-0.4, -0.2) is 47.3 Å². The van der Waals surface area contributed by atoms with E-state index in [1.165, 1.54) is 6.92 Å². The van der Waals surface area contributed by atoms with E-state index < -0.39 is 36.2 Å². The summed E-state index contributed by atoms with van der Waals surface area (Å²) in [5.74, 6) is -1.04. The molecule has 122 valence electrons. The summed E-state index contributed by atoms with van der Waals surface area (Å²) in [4.78, 5) is 24.0. The van der Waals surface area contributed by atoms with Gasteiger partial charge in [0.1, 0.15) is 6.54 Å². The van der Waals surface area contributed by atoms with Crippen molar-refractivity contribution >= 4 is 12.0 Å². The Labute approximate surface area is 121 Å². The number of alkyl halides is 3. The second-order valence-corrected chi connectivity index (χ2v) is 5.65. The van der Waals surface area contributed by atoms with Gasteiger partial charge in [0.2, 0.25) is 0 Å². The number of halogens is 3. The SMILES string of the molecule is CCCN(CC(F)(F)F)C(=O)NC1CCCC1(C)C(=O)O. The maximum atomic E-state index is 12.5. The molecule has 2 N–H and O–H groups in total. The standard InChI is InChI=1S/C13H21F3N2O3/c1-3-7-18(8-13(14,15)16)11(21)17-9-5-4-6-12(9,2)10(19)20/h9H,3-8H2,1-2H3,(H,17,21)(H,19,20). The Bertz CT molecular complexity index is 401. The molecule has 1 saturated carbocycles. The third-order valence-electron chi connectivity index (χ3n) is 3.90. The van der Waals surface area contributed by atoms with Gasteiger partial charge in [0, 0.05) is 12.6 Å². The quantitative estimate of drug-likeness (QED) is 0.820. The molecule has 1 aliphatic rings. The van der Waals surface area contributed by atoms with Crippen molar-refractivity contribution in [2.24, 2.45) is 5.41 Å². The number of carbonyl (C=O) groups is 2. The summed E-state index contributed by atoms with van der Waals surface area (Å²) in [5.41, 5.74) is -1.12. The molecule has 0 aromatic heterocycles. The second-order valence-electron chi connectivity index (χ2n) is 5.65. The van der Waals surface area contributed by atoms with Crippen molar-refractivity contribution < 1.29 is 27.9 Å². The molecule has 0 bridgehead atoms. The minimum absolute atomic E-state index is 0.0259. The maximum absolute atomic E-state index is 12.5. The Morgan fingerprint density at radius 1 is 1.43 bits per heavy atom. The topological polar surface area (TPSA) is 69.6 Å². The number of hydrogen-bond acceptors (Lipinski definition) is 2. The minimum atomic E-state index is -4.47. The van der Waals surface area contributed by atoms with Crippen LogP contribution >= 0.6 is 0 Å². The van der Waals surface area contributed by atoms with E-state index in [1.807, 2.05) is 0 Å². The average molecular weight is 310 g/mol. The molecule has 0 aliphatic heterocycles. The van der Waals surface area contributed by atoms with Gasteiger partial charge in [-0.25, -0.2) is 4.79 Å². The van der Waals surface area contributed by atoms with E-state index in [1.54, 1.807) is 6.92 Å². The number of aliphatic carboxylic acids is 1. The van der Waals surface area contributed by atoms with Crippen LogP contribution < -0.4 is 5.32 Å². The molecule has 1 rings (SSSR count). The second kappa shape index (κ2) is 6.53. The zero-order valence-corrected chi connectivity index (χ0v) is 12.2. The van der Waals surface area contributed by atoms with Crippen molar-refractivity contribution in [3.8, 4) is 0 Å². The fraction of sp³-hybridized carbons (Fsp3) is 0.846. The summed E-state index contributed by atoms with van der Waals surface area (Å²) in [6.45, 7) is 1.83. The monoisotopic (exact) mass is 310 g/mol. The fourth-order valence-electron chi connectivity index (χ4n) is 2.63. The van der Waals surface area contributed by atoms with Gasteiger partial charge in [0.05, 0.1) is 5.41 Å². The Balaban J connectivity index is 2.75. The van der Waals surface area contributed by atoms with Gasteiger partial charge in [0.25, 0.3) is 0 Å². The van der Waals surface area contributed by atoms with Crippen molar-refractivity contribution in [1.82, 2.24) is 10.2 Å². The van der Waals surface area contributed by atoms with Gasteiger partial charge >= 0.3 is 18.2 Å². The molecule has 8 heteroatoms. The summed E-state index contributed by atoms with van der Waals surface area (Å²) >= 11 is 0. The van der Waals surface area contributed by atoms with E-state index >= 15 is 0 Å². The maximum Gasteiger partial charge on any atom is 0.406 e. The van der Waals surface area contributed by atoms with Gasteiger partial charge in [-0.05, 0) is 26.2 Å². The van der Waals surface area contributed by atoms with Gasteiger partial charge in [-0.3, -0.25) is 4.79 Å². The lowest BCUT2D eigenvalue weighted by Crippen LogP contribution is -2.53. The molecular weight excluding hydrogens is 289 g/mol. The highest BCUT2D eigenvalue weighted by Gasteiger charge is 2.46. The summed E-state index contributed by atoms with van der Waals surface area (Å²) in [7, 11) is 0. The number of hydrogen-bond donors (Lipinski definition) is 2. The molecule has 21 heavy (non-hydrogen) atoms. The molecule has 1 fully saturated rings. The van der Waals surface area contributed by atoms with E-state index in [9.17, 15) is 27.9 Å². The van der Waals surface area contributed by atoms with E-state index in [0.29, 0.717) is 30.6 Å². The van der Waals surface area contributed by atoms with Crippen LogP contribution in [-0.2, 0) is 4.79 Å². The number of nitrogens with zero attached hydrogens (tertiary/aromatic N) is 1. The van der Waals surface area contributed by atoms with Crippen LogP contribution in [0.15, 0.2) is 0 Å². The largest absolute Gasteiger partial charge is 0.481 e. The molecule has 0 heterocycles. The number of carboxylic acid groups (broad SMARTS) is 1. The number of rotatable bonds is 5. The van der Waals surface area contributed by atoms with Crippen LogP contribution in [0.2, 0.25) is 0 Å². The van der Waals surface area contributed by atoms with E-state index in [4.69, 9.17) is 0 Å². The first-order valence-corrected chi connectivity index (χ1v) is 6.95. The van der Waals surface area contributed by atoms with Gasteiger partial charge in [-0.1, -0.05) is 13.3 Å². The molecule has 0 spiro atoms. The Morgan fingerprint density at radius 3 is 2.52 bits per heavy atom. The summed E-state index contributed by atoms with van der Waals surface area (Å²) < 4.78 is 37.4. The number of nitrogens with one attached hydrogen (secondary N) is 1. The zero-order valence-electron chi connectivity index (χ0n) is 12.2. The van der Waals surface area contributed by atoms with Gasteiger partial charge in [-0.2, -0.15) is 13.2 Å². The first kappa shape index (κ1) is 17.6. The highest BCUT2D eigenvalue weighted by Crippen LogP contribution is 2.38. The number of amides is 2. The lowest BCUT2D eigenvalue weighted by molar-refractivity contribution is -0.149. The number of carboxylic acids is 1. The van der Waals surface area contributed by atoms with Gasteiger partial charge in [-0.15, -0.1) is 0 Å². The highest BCUT2D eigenvalue weighted by atomic mass is 19.4. The van der Waals surface area contributed by atoms with Crippen molar-refractivity contribution in [2.75, 3.05) is 13.1 Å². The molecule has 0 aromatic carbocycles. The highest BCUT2D eigenvalue weighted by molar-refractivity contribution is 5.79. The summed E-state index contributed by atoms with van der Waals surface area (Å²) in [5, 5.41) is 11.7. The predicted octanol–water partition coefficient (Wildman–Crippen LogP) is 2.61. The third kappa shape index (κ3) is 4.50. The number of carbonyl (C=O) groups excluding carboxylic acids is 1. The Kier molecular flexibility index (Phi) is 5.47. The van der Waals surface area contributed by atoms with Crippen LogP contribution in [0.3, 0.4) is 0 Å². The third-order valence-corrected chi connectivity index (χ3v) is 3.90. The predicted molar refractivity (Wildman–Crippen MR) is 69.8 cm³/mol. The van der Waals surface area contributed by atoms with Crippen LogP contribution in [0.25, 0.3) is 0 Å². The Morgan fingerprint density at radius 2 is 2.05 bits per heavy atom. The molecule has 2 amide bonds. The molecule has 0 radical (unpaired) electrons. The minimum Gasteiger partial charge on any atom is -0.481 e. The van der Waals surface area contributed by atoms with Crippen LogP contribution in [0.5, 0.6) is 0 Å². The first-order valence-electron chi connectivity index (χ1n) is 6.95. The molecule has 0 aromatic rings. The van der Waals surface area contributed by atoms with Crippen molar-refractivity contribution in [3.63, 3.8) is 0 Å². The summed E-state index contributed by atoms with van der Waals surface area (Å²) in [6, 6.07) is -1.50. The molecule has 2 unspecified atom stereocenters. The van der Waals surface area contributed by atoms with Crippen LogP contribution in [0.1, 0.15) is 39.5 Å². The average Bonchev–Trinajstić information content (AvgIpc) is 2.70. The lowest BCUT2D eigenvalue weighted by atomic mass is 9.85. The zero-order chi connectivity index (χ0) is 16.3. The van der Waals surface area contributed by atoms with Gasteiger partial charge in [0.15, 0.2) is 0 Å². The molecule has 1 aliphatic carbocycles. The molecule has 5 nitrogen and oxygen atoms in total. The van der Waals surface area contributed by atoms with Crippen molar-refractivity contribution in [3.05, 3.63) is 0 Å². The lowest BCUT2D eigenvalue weighted by Gasteiger charge is -2.31. The first-order chi connectivity index (χ1) is 9.60. The van der Waals surface area contributed by atoms with Crippen LogP contribution in [0, 0.1) is 5.41 Å². The molecular formula is C13H21F3N2O3. The normalized spacial score (nSPS) is 25.7. The van der Waals surface area contributed by atoms with Crippen LogP contribution in [0.4, 0.5) is 18.0 Å². The van der Waals surface area contributed by atoms with E-state index in [0.717, 1.165) is 0 Å². The van der Waals surface area contributed by atoms with Gasteiger partial charge < -0.3 is 15.3 Å². The summed E-state index contributed by atoms with van der Waals surface area (Å²) in [6.07, 6.45) is -2.59. The smallest absolute Gasteiger partial charge is 0.406 e. The number of urea groups is 1. The van der Waals surface area contributed by atoms with Crippen molar-refractivity contribution in [2.45, 2.75) is 51.7 Å². The Hall–Kier alpha value is -1.47. The van der Waals surface area contributed by atoms with E-state index in [2.05, 4.69) is 5.32 Å².